The van der Waals surface area contributed by atoms with E-state index >= 15 is 0 Å². The number of hydrogen-bond acceptors (Lipinski definition) is 3. The van der Waals surface area contributed by atoms with E-state index in [1.165, 1.54) is 0 Å². The Balaban J connectivity index is 5.13. The van der Waals surface area contributed by atoms with Gasteiger partial charge in [-0.2, -0.15) is 0 Å². The summed E-state index contributed by atoms with van der Waals surface area (Å²) in [6.07, 6.45) is 0.780. The predicted molar refractivity (Wildman–Crippen MR) is 66.8 cm³/mol. The summed E-state index contributed by atoms with van der Waals surface area (Å²) >= 11 is 0. The monoisotopic (exact) mass is 229 g/mol. The number of hydrogen-bond donors (Lipinski definition) is 1. The molecule has 0 saturated heterocycles. The second-order valence-electron chi connectivity index (χ2n) is 6.92. The van der Waals surface area contributed by atoms with E-state index in [-0.39, 0.29) is 23.5 Å². The molecule has 0 amide bonds. The van der Waals surface area contributed by atoms with Crippen LogP contribution in [0.2, 0.25) is 0 Å². The van der Waals surface area contributed by atoms with Gasteiger partial charge in [0.1, 0.15) is 6.73 Å². The summed E-state index contributed by atoms with van der Waals surface area (Å²) in [4.78, 5) is 12.1. The molecule has 1 atom stereocenters. The van der Waals surface area contributed by atoms with Gasteiger partial charge in [-0.05, 0) is 24.2 Å². The van der Waals surface area contributed by atoms with Crippen molar-refractivity contribution in [2.75, 3.05) is 6.73 Å². The fraction of sp³-hybridized carbons (Fsp3) is 0.923. The molecule has 1 unspecified atom stereocenters. The van der Waals surface area contributed by atoms with Crippen molar-refractivity contribution >= 4 is 5.97 Å². The summed E-state index contributed by atoms with van der Waals surface area (Å²) in [7, 11) is 0. The van der Waals surface area contributed by atoms with Gasteiger partial charge in [0.25, 0.3) is 0 Å². The number of carbonyl (C=O) groups is 1. The van der Waals surface area contributed by atoms with Crippen LogP contribution in [0.5, 0.6) is 0 Å². The molecule has 0 aliphatic rings. The highest BCUT2D eigenvalue weighted by Gasteiger charge is 2.47. The molecule has 0 bridgehead atoms. The van der Waals surface area contributed by atoms with Crippen LogP contribution in [0.4, 0.5) is 0 Å². The molecular weight excluding hydrogens is 202 g/mol. The number of rotatable bonds is 3. The molecule has 0 saturated carbocycles. The Labute approximate surface area is 99.7 Å². The quantitative estimate of drug-likeness (QED) is 0.598. The molecule has 0 aromatic heterocycles. The van der Waals surface area contributed by atoms with Gasteiger partial charge < -0.3 is 4.74 Å². The zero-order chi connectivity index (χ0) is 13.2. The van der Waals surface area contributed by atoms with Crippen molar-refractivity contribution < 1.29 is 9.53 Å². The van der Waals surface area contributed by atoms with Gasteiger partial charge in [0.2, 0.25) is 0 Å². The number of ether oxygens (including phenoxy) is 1. The maximum Gasteiger partial charge on any atom is 0.313 e. The molecule has 0 radical (unpaired) electrons. The SMILES string of the molecule is CC(C)(C)CC(C)(C(=O)OCN)C(C)(C)C. The first-order valence-corrected chi connectivity index (χ1v) is 5.81. The summed E-state index contributed by atoms with van der Waals surface area (Å²) < 4.78 is 5.02. The Bertz CT molecular complexity index is 248. The van der Waals surface area contributed by atoms with E-state index in [9.17, 15) is 4.79 Å². The van der Waals surface area contributed by atoms with Gasteiger partial charge in [0.15, 0.2) is 0 Å². The fourth-order valence-electron chi connectivity index (χ4n) is 1.94. The van der Waals surface area contributed by atoms with Crippen LogP contribution in [-0.4, -0.2) is 12.7 Å². The summed E-state index contributed by atoms with van der Waals surface area (Å²) in [5.41, 5.74) is 4.71. The lowest BCUT2D eigenvalue weighted by molar-refractivity contribution is -0.164. The van der Waals surface area contributed by atoms with Crippen molar-refractivity contribution in [3.05, 3.63) is 0 Å². The van der Waals surface area contributed by atoms with Gasteiger partial charge >= 0.3 is 5.97 Å². The molecule has 0 aliphatic heterocycles. The Morgan fingerprint density at radius 2 is 1.50 bits per heavy atom. The van der Waals surface area contributed by atoms with Gasteiger partial charge in [-0.15, -0.1) is 0 Å². The zero-order valence-electron chi connectivity index (χ0n) is 11.8. The van der Waals surface area contributed by atoms with Crippen LogP contribution in [0.25, 0.3) is 0 Å². The summed E-state index contributed by atoms with van der Waals surface area (Å²) in [6, 6.07) is 0. The molecule has 0 aromatic rings. The lowest BCUT2D eigenvalue weighted by Gasteiger charge is -2.43. The molecule has 0 rings (SSSR count). The van der Waals surface area contributed by atoms with Crippen LogP contribution in [0.1, 0.15) is 54.9 Å². The van der Waals surface area contributed by atoms with Crippen molar-refractivity contribution in [3.8, 4) is 0 Å². The first-order chi connectivity index (χ1) is 6.94. The molecule has 0 aliphatic carbocycles. The number of carbonyl (C=O) groups excluding carboxylic acids is 1. The largest absolute Gasteiger partial charge is 0.450 e. The molecule has 3 heteroatoms. The van der Waals surface area contributed by atoms with Crippen molar-refractivity contribution in [2.24, 2.45) is 22.0 Å². The van der Waals surface area contributed by atoms with Gasteiger partial charge in [-0.25, -0.2) is 0 Å². The lowest BCUT2D eigenvalue weighted by atomic mass is 9.61. The number of esters is 1. The van der Waals surface area contributed by atoms with Gasteiger partial charge in [0.05, 0.1) is 5.41 Å². The van der Waals surface area contributed by atoms with Crippen LogP contribution >= 0.6 is 0 Å². The van der Waals surface area contributed by atoms with Crippen molar-refractivity contribution in [1.82, 2.24) is 0 Å². The Hall–Kier alpha value is -0.570. The van der Waals surface area contributed by atoms with Crippen LogP contribution in [0, 0.1) is 16.2 Å². The van der Waals surface area contributed by atoms with E-state index in [1.807, 2.05) is 6.92 Å². The second kappa shape index (κ2) is 4.74. The molecule has 0 aromatic carbocycles. The van der Waals surface area contributed by atoms with E-state index in [0.29, 0.717) is 0 Å². The first kappa shape index (κ1) is 15.4. The molecule has 96 valence electrons. The average molecular weight is 229 g/mol. The first-order valence-electron chi connectivity index (χ1n) is 5.81. The fourth-order valence-corrected chi connectivity index (χ4v) is 1.94. The maximum absolute atomic E-state index is 12.1. The second-order valence-corrected chi connectivity index (χ2v) is 6.92. The molecule has 0 fully saturated rings. The van der Waals surface area contributed by atoms with Crippen LogP contribution in [0.3, 0.4) is 0 Å². The van der Waals surface area contributed by atoms with Crippen LogP contribution in [0.15, 0.2) is 0 Å². The van der Waals surface area contributed by atoms with Gasteiger partial charge in [-0.3, -0.25) is 10.5 Å². The Morgan fingerprint density at radius 3 is 1.75 bits per heavy atom. The molecule has 0 heterocycles. The third-order valence-corrected chi connectivity index (χ3v) is 3.20. The summed E-state index contributed by atoms with van der Waals surface area (Å²) in [5, 5.41) is 0. The normalized spacial score (nSPS) is 16.8. The van der Waals surface area contributed by atoms with Gasteiger partial charge in [0, 0.05) is 0 Å². The molecule has 0 spiro atoms. The highest BCUT2D eigenvalue weighted by molar-refractivity contribution is 5.77. The average Bonchev–Trinajstić information content (AvgIpc) is 1.99. The Morgan fingerprint density at radius 1 is 1.06 bits per heavy atom. The van der Waals surface area contributed by atoms with Crippen molar-refractivity contribution in [1.29, 1.82) is 0 Å². The predicted octanol–water partition coefficient (Wildman–Crippen LogP) is 2.93. The number of nitrogens with two attached hydrogens (primary N) is 1. The van der Waals surface area contributed by atoms with Crippen LogP contribution in [-0.2, 0) is 9.53 Å². The van der Waals surface area contributed by atoms with E-state index in [2.05, 4.69) is 41.5 Å². The summed E-state index contributed by atoms with van der Waals surface area (Å²) in [5.74, 6) is -0.197. The van der Waals surface area contributed by atoms with E-state index in [0.717, 1.165) is 6.42 Å². The third-order valence-electron chi connectivity index (χ3n) is 3.20. The molecule has 3 nitrogen and oxygen atoms in total. The van der Waals surface area contributed by atoms with Crippen molar-refractivity contribution in [3.63, 3.8) is 0 Å². The minimum atomic E-state index is -0.509. The highest BCUT2D eigenvalue weighted by Crippen LogP contribution is 2.47. The van der Waals surface area contributed by atoms with Gasteiger partial charge in [-0.1, -0.05) is 41.5 Å². The smallest absolute Gasteiger partial charge is 0.313 e. The van der Waals surface area contributed by atoms with E-state index in [1.54, 1.807) is 0 Å². The van der Waals surface area contributed by atoms with Crippen LogP contribution < -0.4 is 5.73 Å². The molecular formula is C13H27NO2. The maximum atomic E-state index is 12.1. The third kappa shape index (κ3) is 3.78. The minimum Gasteiger partial charge on any atom is -0.450 e. The molecule has 16 heavy (non-hydrogen) atoms. The standard InChI is InChI=1S/C13H27NO2/c1-11(2,3)8-13(7,12(4,5)6)10(15)16-9-14/h8-9,14H2,1-7H3. The zero-order valence-corrected chi connectivity index (χ0v) is 11.8. The summed E-state index contributed by atoms with van der Waals surface area (Å²) in [6.45, 7) is 14.5. The minimum absolute atomic E-state index is 0.0470. The Kier molecular flexibility index (Phi) is 4.57. The van der Waals surface area contributed by atoms with E-state index in [4.69, 9.17) is 10.5 Å². The molecule has 2 N–H and O–H groups in total. The highest BCUT2D eigenvalue weighted by atomic mass is 16.5. The lowest BCUT2D eigenvalue weighted by Crippen LogP contribution is -2.44. The van der Waals surface area contributed by atoms with Crippen molar-refractivity contribution in [2.45, 2.75) is 54.9 Å². The van der Waals surface area contributed by atoms with E-state index < -0.39 is 5.41 Å². The topological polar surface area (TPSA) is 52.3 Å².